The van der Waals surface area contributed by atoms with E-state index in [-0.39, 0.29) is 36.1 Å². The Morgan fingerprint density at radius 1 is 1.16 bits per heavy atom. The van der Waals surface area contributed by atoms with Crippen LogP contribution in [0.25, 0.3) is 0 Å². The van der Waals surface area contributed by atoms with Gasteiger partial charge in [-0.2, -0.15) is 0 Å². The summed E-state index contributed by atoms with van der Waals surface area (Å²) in [5, 5.41) is 8.51. The first-order valence-electron chi connectivity index (χ1n) is 13.6. The van der Waals surface area contributed by atoms with Crippen molar-refractivity contribution in [2.24, 2.45) is 5.92 Å². The van der Waals surface area contributed by atoms with E-state index in [1.54, 1.807) is 7.05 Å². The number of amides is 2. The number of hydrogen-bond donors (Lipinski definition) is 2. The molecule has 2 amide bonds. The molecule has 3 rings (SSSR count). The van der Waals surface area contributed by atoms with Crippen molar-refractivity contribution in [2.45, 2.75) is 84.2 Å². The highest BCUT2D eigenvalue weighted by Crippen LogP contribution is 2.36. The molecule has 1 aliphatic heterocycles. The molecule has 0 bridgehead atoms. The maximum absolute atomic E-state index is 13.9. The van der Waals surface area contributed by atoms with Crippen molar-refractivity contribution >= 4 is 28.9 Å². The van der Waals surface area contributed by atoms with E-state index in [1.807, 2.05) is 34.5 Å². The van der Waals surface area contributed by atoms with Gasteiger partial charge in [0, 0.05) is 17.5 Å². The van der Waals surface area contributed by atoms with Crippen LogP contribution < -0.4 is 10.6 Å². The SMILES string of the molecule is CCCC(CCC)C(NC(=O)CNC)C(=O)N1CCCC1c1nc(C(=O)c2cccc(C(C)C)c2)cs1. The summed E-state index contributed by atoms with van der Waals surface area (Å²) < 4.78 is 0. The summed E-state index contributed by atoms with van der Waals surface area (Å²) in [5.74, 6) is 0.129. The van der Waals surface area contributed by atoms with Crippen molar-refractivity contribution in [1.82, 2.24) is 20.5 Å². The molecule has 1 aromatic carbocycles. The third-order valence-corrected chi connectivity index (χ3v) is 8.05. The molecular formula is C29H42N4O3S. The Kier molecular flexibility index (Phi) is 10.8. The Morgan fingerprint density at radius 3 is 2.54 bits per heavy atom. The molecule has 1 saturated heterocycles. The summed E-state index contributed by atoms with van der Waals surface area (Å²) in [7, 11) is 1.73. The van der Waals surface area contributed by atoms with Crippen molar-refractivity contribution in [3.63, 3.8) is 0 Å². The highest BCUT2D eigenvalue weighted by Gasteiger charge is 2.39. The minimum absolute atomic E-state index is 0.0356. The lowest BCUT2D eigenvalue weighted by Gasteiger charge is -2.33. The normalized spacial score (nSPS) is 16.4. The zero-order chi connectivity index (χ0) is 26.9. The minimum atomic E-state index is -0.554. The number of rotatable bonds is 13. The second-order valence-electron chi connectivity index (χ2n) is 10.3. The predicted molar refractivity (Wildman–Crippen MR) is 149 cm³/mol. The topological polar surface area (TPSA) is 91.4 Å². The van der Waals surface area contributed by atoms with Crippen LogP contribution >= 0.6 is 11.3 Å². The van der Waals surface area contributed by atoms with Gasteiger partial charge < -0.3 is 15.5 Å². The molecule has 37 heavy (non-hydrogen) atoms. The summed E-state index contributed by atoms with van der Waals surface area (Å²) in [6, 6.07) is 7.00. The fourth-order valence-corrected chi connectivity index (χ4v) is 6.13. The van der Waals surface area contributed by atoms with Crippen LogP contribution in [0.1, 0.15) is 105 Å². The number of benzene rings is 1. The summed E-state index contributed by atoms with van der Waals surface area (Å²) in [6.45, 7) is 9.25. The van der Waals surface area contributed by atoms with Crippen LogP contribution in [0.2, 0.25) is 0 Å². The monoisotopic (exact) mass is 526 g/mol. The van der Waals surface area contributed by atoms with Gasteiger partial charge in [0.15, 0.2) is 0 Å². The van der Waals surface area contributed by atoms with Gasteiger partial charge in [0.1, 0.15) is 16.7 Å². The standard InChI is InChI=1S/C29H42N4O3S/c1-6-10-20(11-7-2)26(32-25(34)17-30-5)29(36)33-15-9-14-24(33)28-31-23(18-37-28)27(35)22-13-8-12-21(16-22)19(3)4/h8,12-13,16,18-20,24,26,30H,6-7,9-11,14-15,17H2,1-5H3,(H,32,34). The number of aromatic nitrogens is 1. The van der Waals surface area contributed by atoms with E-state index in [9.17, 15) is 14.4 Å². The molecule has 0 radical (unpaired) electrons. The Hall–Kier alpha value is -2.58. The van der Waals surface area contributed by atoms with Gasteiger partial charge in [0.2, 0.25) is 17.6 Å². The summed E-state index contributed by atoms with van der Waals surface area (Å²) >= 11 is 1.44. The zero-order valence-corrected chi connectivity index (χ0v) is 23.7. The van der Waals surface area contributed by atoms with Crippen LogP contribution in [0.15, 0.2) is 29.6 Å². The third kappa shape index (κ3) is 7.26. The molecular weight excluding hydrogens is 484 g/mol. The number of carbonyl (C=O) groups is 3. The lowest BCUT2D eigenvalue weighted by Crippen LogP contribution is -2.53. The van der Waals surface area contributed by atoms with Crippen molar-refractivity contribution in [1.29, 1.82) is 0 Å². The molecule has 2 aromatic rings. The van der Waals surface area contributed by atoms with Gasteiger partial charge in [-0.1, -0.05) is 58.7 Å². The van der Waals surface area contributed by atoms with Crippen LogP contribution in [0.5, 0.6) is 0 Å². The molecule has 8 heteroatoms. The number of ketones is 1. The van der Waals surface area contributed by atoms with Crippen molar-refractivity contribution in [2.75, 3.05) is 20.1 Å². The van der Waals surface area contributed by atoms with E-state index in [4.69, 9.17) is 4.98 Å². The van der Waals surface area contributed by atoms with Crippen LogP contribution in [-0.2, 0) is 9.59 Å². The smallest absolute Gasteiger partial charge is 0.246 e. The lowest BCUT2D eigenvalue weighted by molar-refractivity contribution is -0.139. The van der Waals surface area contributed by atoms with Crippen LogP contribution in [0.4, 0.5) is 0 Å². The molecule has 2 heterocycles. The second kappa shape index (κ2) is 13.8. The van der Waals surface area contributed by atoms with Gasteiger partial charge in [-0.25, -0.2) is 4.98 Å². The van der Waals surface area contributed by atoms with Crippen molar-refractivity contribution in [3.05, 3.63) is 51.5 Å². The molecule has 1 aliphatic rings. The molecule has 202 valence electrons. The molecule has 0 spiro atoms. The number of hydrogen-bond acceptors (Lipinski definition) is 6. The van der Waals surface area contributed by atoms with Crippen LogP contribution in [-0.4, -0.2) is 53.7 Å². The molecule has 2 N–H and O–H groups in total. The number of nitrogens with zero attached hydrogens (tertiary/aromatic N) is 2. The summed E-state index contributed by atoms with van der Waals surface area (Å²) in [4.78, 5) is 46.3. The average Bonchev–Trinajstić information content (AvgIpc) is 3.56. The first-order valence-corrected chi connectivity index (χ1v) is 14.5. The first-order chi connectivity index (χ1) is 17.8. The van der Waals surface area contributed by atoms with Crippen molar-refractivity contribution in [3.8, 4) is 0 Å². The number of nitrogens with one attached hydrogen (secondary N) is 2. The molecule has 0 saturated carbocycles. The Balaban J connectivity index is 1.83. The van der Waals surface area contributed by atoms with E-state index in [1.165, 1.54) is 11.3 Å². The van der Waals surface area contributed by atoms with Gasteiger partial charge in [-0.15, -0.1) is 11.3 Å². The van der Waals surface area contributed by atoms with E-state index in [0.29, 0.717) is 23.7 Å². The van der Waals surface area contributed by atoms with Gasteiger partial charge in [-0.05, 0) is 56.2 Å². The van der Waals surface area contributed by atoms with Gasteiger partial charge in [0.05, 0.1) is 12.6 Å². The Bertz CT molecular complexity index is 1060. The fraction of sp³-hybridized carbons (Fsp3) is 0.586. The minimum Gasteiger partial charge on any atom is -0.343 e. The largest absolute Gasteiger partial charge is 0.343 e. The number of thiazole rings is 1. The van der Waals surface area contributed by atoms with Crippen molar-refractivity contribution < 1.29 is 14.4 Å². The quantitative estimate of drug-likeness (QED) is 0.355. The van der Waals surface area contributed by atoms with E-state index >= 15 is 0 Å². The first kappa shape index (κ1) is 29.0. The number of likely N-dealkylation sites (N-methyl/N-ethyl adjacent to an activating group) is 1. The molecule has 0 aliphatic carbocycles. The second-order valence-corrected chi connectivity index (χ2v) is 11.2. The number of carbonyl (C=O) groups excluding carboxylic acids is 3. The zero-order valence-electron chi connectivity index (χ0n) is 22.9. The highest BCUT2D eigenvalue weighted by molar-refractivity contribution is 7.10. The molecule has 1 aromatic heterocycles. The van der Waals surface area contributed by atoms with Gasteiger partial charge >= 0.3 is 0 Å². The fourth-order valence-electron chi connectivity index (χ4n) is 5.18. The average molecular weight is 527 g/mol. The van der Waals surface area contributed by atoms with Crippen LogP contribution in [0, 0.1) is 5.92 Å². The lowest BCUT2D eigenvalue weighted by atomic mass is 9.89. The van der Waals surface area contributed by atoms with E-state index < -0.39 is 6.04 Å². The Labute approximate surface area is 225 Å². The maximum Gasteiger partial charge on any atom is 0.246 e. The summed E-state index contributed by atoms with van der Waals surface area (Å²) in [5.41, 5.74) is 2.18. The molecule has 2 atom stereocenters. The highest BCUT2D eigenvalue weighted by atomic mass is 32.1. The molecule has 2 unspecified atom stereocenters. The summed E-state index contributed by atoms with van der Waals surface area (Å²) in [6.07, 6.45) is 5.35. The maximum atomic E-state index is 13.9. The van der Waals surface area contributed by atoms with Gasteiger partial charge in [0.25, 0.3) is 0 Å². The van der Waals surface area contributed by atoms with Gasteiger partial charge in [-0.3, -0.25) is 14.4 Å². The van der Waals surface area contributed by atoms with E-state index in [0.717, 1.165) is 49.1 Å². The van der Waals surface area contributed by atoms with Crippen LogP contribution in [0.3, 0.4) is 0 Å². The molecule has 7 nitrogen and oxygen atoms in total. The molecule has 1 fully saturated rings. The number of likely N-dealkylation sites (tertiary alicyclic amines) is 1. The third-order valence-electron chi connectivity index (χ3n) is 7.10. The van der Waals surface area contributed by atoms with E-state index in [2.05, 4.69) is 38.3 Å². The Morgan fingerprint density at radius 2 is 1.89 bits per heavy atom. The predicted octanol–water partition coefficient (Wildman–Crippen LogP) is 5.08.